The fraction of sp³-hybridized carbons (Fsp3) is 0.333. The molecule has 0 fully saturated rings. The Morgan fingerprint density at radius 3 is 3.16 bits per heavy atom. The summed E-state index contributed by atoms with van der Waals surface area (Å²) in [7, 11) is 1.62. The number of oxazole rings is 1. The van der Waals surface area contributed by atoms with E-state index in [9.17, 15) is 4.79 Å². The summed E-state index contributed by atoms with van der Waals surface area (Å²) in [4.78, 5) is 18.2. The van der Waals surface area contributed by atoms with E-state index in [0.717, 1.165) is 4.88 Å². The van der Waals surface area contributed by atoms with Crippen LogP contribution in [0.5, 0.6) is 0 Å². The number of aliphatic hydroxyl groups is 1. The molecule has 0 aliphatic rings. The molecule has 0 saturated heterocycles. The fourth-order valence-electron chi connectivity index (χ4n) is 1.45. The third kappa shape index (κ3) is 3.55. The first-order valence-electron chi connectivity index (χ1n) is 5.79. The number of thiophene rings is 1. The molecular formula is C12H15N3O3S. The molecule has 6 nitrogen and oxygen atoms in total. The monoisotopic (exact) mass is 281 g/mol. The molecular weight excluding hydrogens is 266 g/mol. The predicted molar refractivity (Wildman–Crippen MR) is 71.8 cm³/mol. The Bertz CT molecular complexity index is 524. The molecule has 0 bridgehead atoms. The van der Waals surface area contributed by atoms with E-state index in [2.05, 4.69) is 10.3 Å². The maximum atomic E-state index is 11.6. The minimum absolute atomic E-state index is 0.0591. The maximum Gasteiger partial charge on any atom is 0.317 e. The van der Waals surface area contributed by atoms with Crippen molar-refractivity contribution in [1.29, 1.82) is 0 Å². The number of nitrogens with one attached hydrogen (secondary N) is 1. The zero-order valence-electron chi connectivity index (χ0n) is 10.5. The summed E-state index contributed by atoms with van der Waals surface area (Å²) in [5, 5.41) is 13.4. The molecule has 2 N–H and O–H groups in total. The highest BCUT2D eigenvalue weighted by atomic mass is 32.1. The van der Waals surface area contributed by atoms with Crippen molar-refractivity contribution in [3.8, 4) is 10.8 Å². The van der Waals surface area contributed by atoms with Gasteiger partial charge in [0.2, 0.25) is 5.89 Å². The van der Waals surface area contributed by atoms with Gasteiger partial charge >= 0.3 is 6.03 Å². The van der Waals surface area contributed by atoms with E-state index in [-0.39, 0.29) is 12.6 Å². The lowest BCUT2D eigenvalue weighted by molar-refractivity contribution is 0.190. The third-order valence-electron chi connectivity index (χ3n) is 2.49. The number of carbonyl (C=O) groups excluding carboxylic acids is 1. The van der Waals surface area contributed by atoms with Crippen molar-refractivity contribution >= 4 is 17.4 Å². The van der Waals surface area contributed by atoms with E-state index < -0.39 is 0 Å². The topological polar surface area (TPSA) is 78.6 Å². The van der Waals surface area contributed by atoms with E-state index >= 15 is 0 Å². The average molecular weight is 281 g/mol. The molecule has 0 saturated carbocycles. The molecule has 0 radical (unpaired) electrons. The first kappa shape index (κ1) is 13.6. The van der Waals surface area contributed by atoms with Gasteiger partial charge in [0.1, 0.15) is 6.26 Å². The Labute approximate surface area is 114 Å². The van der Waals surface area contributed by atoms with Crippen molar-refractivity contribution in [3.63, 3.8) is 0 Å². The van der Waals surface area contributed by atoms with Gasteiger partial charge in [-0.25, -0.2) is 9.78 Å². The van der Waals surface area contributed by atoms with E-state index in [1.807, 2.05) is 17.5 Å². The van der Waals surface area contributed by atoms with Crippen LogP contribution in [0.2, 0.25) is 0 Å². The second-order valence-electron chi connectivity index (χ2n) is 3.93. The number of amides is 2. The van der Waals surface area contributed by atoms with E-state index in [4.69, 9.17) is 9.52 Å². The molecule has 0 unspecified atom stereocenters. The van der Waals surface area contributed by atoms with Crippen molar-refractivity contribution in [1.82, 2.24) is 15.2 Å². The van der Waals surface area contributed by atoms with E-state index in [0.29, 0.717) is 24.7 Å². The Hall–Kier alpha value is -1.86. The summed E-state index contributed by atoms with van der Waals surface area (Å²) in [5.74, 6) is 0.558. The number of rotatable bonds is 5. The summed E-state index contributed by atoms with van der Waals surface area (Å²) >= 11 is 1.55. The second kappa shape index (κ2) is 6.35. The third-order valence-corrected chi connectivity index (χ3v) is 3.34. The van der Waals surface area contributed by atoms with Gasteiger partial charge in [-0.15, -0.1) is 11.3 Å². The molecule has 2 aromatic rings. The quantitative estimate of drug-likeness (QED) is 0.871. The van der Waals surface area contributed by atoms with Crippen molar-refractivity contribution in [2.24, 2.45) is 0 Å². The summed E-state index contributed by atoms with van der Waals surface area (Å²) in [6, 6.07) is 3.60. The molecule has 2 amide bonds. The molecule has 0 spiro atoms. The van der Waals surface area contributed by atoms with Gasteiger partial charge in [-0.1, -0.05) is 6.07 Å². The van der Waals surface area contributed by atoms with E-state index in [1.165, 1.54) is 11.2 Å². The van der Waals surface area contributed by atoms with E-state index in [1.54, 1.807) is 18.4 Å². The van der Waals surface area contributed by atoms with Crippen molar-refractivity contribution in [2.75, 3.05) is 20.2 Å². The van der Waals surface area contributed by atoms with Gasteiger partial charge in [-0.2, -0.15) is 0 Å². The number of carbonyl (C=O) groups is 1. The Balaban J connectivity index is 1.89. The van der Waals surface area contributed by atoms with Gasteiger partial charge in [-0.05, 0) is 11.4 Å². The lowest BCUT2D eigenvalue weighted by Gasteiger charge is -2.15. The largest absolute Gasteiger partial charge is 0.443 e. The van der Waals surface area contributed by atoms with Gasteiger partial charge in [-0.3, -0.25) is 0 Å². The number of aromatic nitrogens is 1. The number of nitrogens with zero attached hydrogens (tertiary/aromatic N) is 2. The molecule has 0 aliphatic heterocycles. The standard InChI is InChI=1S/C12H15N3O3S/c1-15(4-5-16)12(17)13-7-9-8-18-11(14-9)10-3-2-6-19-10/h2-3,6,8,16H,4-5,7H2,1H3,(H,13,17). The lowest BCUT2D eigenvalue weighted by Crippen LogP contribution is -2.38. The number of aliphatic hydroxyl groups excluding tert-OH is 1. The second-order valence-corrected chi connectivity index (χ2v) is 4.87. The van der Waals surface area contributed by atoms with Crippen LogP contribution in [0.15, 0.2) is 28.2 Å². The summed E-state index contributed by atoms with van der Waals surface area (Å²) in [6.45, 7) is 0.533. The van der Waals surface area contributed by atoms with Crippen LogP contribution in [0.25, 0.3) is 10.8 Å². The van der Waals surface area contributed by atoms with Crippen LogP contribution < -0.4 is 5.32 Å². The van der Waals surface area contributed by atoms with Gasteiger partial charge in [0.25, 0.3) is 0 Å². The highest BCUT2D eigenvalue weighted by Crippen LogP contribution is 2.23. The van der Waals surface area contributed by atoms with Gasteiger partial charge in [0.05, 0.1) is 23.7 Å². The summed E-state index contributed by atoms with van der Waals surface area (Å²) < 4.78 is 5.34. The SMILES string of the molecule is CN(CCO)C(=O)NCc1coc(-c2cccs2)n1. The van der Waals surface area contributed by atoms with Gasteiger partial charge < -0.3 is 19.7 Å². The van der Waals surface area contributed by atoms with Crippen LogP contribution >= 0.6 is 11.3 Å². The Kier molecular flexibility index (Phi) is 4.53. The minimum Gasteiger partial charge on any atom is -0.443 e. The van der Waals surface area contributed by atoms with Crippen LogP contribution in [0.3, 0.4) is 0 Å². The minimum atomic E-state index is -0.255. The Morgan fingerprint density at radius 2 is 2.47 bits per heavy atom. The first-order valence-corrected chi connectivity index (χ1v) is 6.67. The number of likely N-dealkylation sites (N-methyl/N-ethyl adjacent to an activating group) is 1. The number of hydrogen-bond donors (Lipinski definition) is 2. The summed E-state index contributed by atoms with van der Waals surface area (Å²) in [5.41, 5.74) is 0.661. The lowest BCUT2D eigenvalue weighted by atomic mass is 10.4. The molecule has 7 heteroatoms. The zero-order valence-corrected chi connectivity index (χ0v) is 11.3. The Morgan fingerprint density at radius 1 is 1.63 bits per heavy atom. The van der Waals surface area contributed by atoms with Crippen LogP contribution in [-0.4, -0.2) is 41.2 Å². The zero-order chi connectivity index (χ0) is 13.7. The average Bonchev–Trinajstić information content (AvgIpc) is 3.06. The molecule has 2 rings (SSSR count). The van der Waals surface area contributed by atoms with Crippen LogP contribution in [-0.2, 0) is 6.54 Å². The van der Waals surface area contributed by atoms with Gasteiger partial charge in [0, 0.05) is 13.6 Å². The smallest absolute Gasteiger partial charge is 0.317 e. The molecule has 0 atom stereocenters. The van der Waals surface area contributed by atoms with Crippen LogP contribution in [0, 0.1) is 0 Å². The fourth-order valence-corrected chi connectivity index (χ4v) is 2.11. The van der Waals surface area contributed by atoms with Crippen molar-refractivity contribution in [3.05, 3.63) is 29.5 Å². The highest BCUT2D eigenvalue weighted by molar-refractivity contribution is 7.13. The maximum absolute atomic E-state index is 11.6. The van der Waals surface area contributed by atoms with Crippen molar-refractivity contribution in [2.45, 2.75) is 6.54 Å². The molecule has 19 heavy (non-hydrogen) atoms. The molecule has 0 aliphatic carbocycles. The number of urea groups is 1. The normalized spacial score (nSPS) is 10.4. The molecule has 0 aromatic carbocycles. The number of hydrogen-bond acceptors (Lipinski definition) is 5. The molecule has 2 heterocycles. The van der Waals surface area contributed by atoms with Crippen LogP contribution in [0.1, 0.15) is 5.69 Å². The molecule has 2 aromatic heterocycles. The van der Waals surface area contributed by atoms with Crippen LogP contribution in [0.4, 0.5) is 4.79 Å². The summed E-state index contributed by atoms with van der Waals surface area (Å²) in [6.07, 6.45) is 1.53. The highest BCUT2D eigenvalue weighted by Gasteiger charge is 2.10. The predicted octanol–water partition coefficient (Wildman–Crippen LogP) is 1.54. The molecule has 102 valence electrons. The van der Waals surface area contributed by atoms with Gasteiger partial charge in [0.15, 0.2) is 0 Å². The first-order chi connectivity index (χ1) is 9.20. The van der Waals surface area contributed by atoms with Crippen molar-refractivity contribution < 1.29 is 14.3 Å².